The second kappa shape index (κ2) is 5.38. The zero-order valence-electron chi connectivity index (χ0n) is 9.73. The van der Waals surface area contributed by atoms with Crippen molar-refractivity contribution in [3.63, 3.8) is 0 Å². The zero-order valence-corrected chi connectivity index (χ0v) is 10.5. The molecule has 2 aromatic carbocycles. The Hall–Kier alpha value is -1.58. The van der Waals surface area contributed by atoms with E-state index in [-0.39, 0.29) is 0 Å². The van der Waals surface area contributed by atoms with Gasteiger partial charge in [-0.25, -0.2) is 4.39 Å². The Bertz CT molecular complexity index is 557. The Kier molecular flexibility index (Phi) is 3.84. The van der Waals surface area contributed by atoms with E-state index in [1.807, 2.05) is 0 Å². The summed E-state index contributed by atoms with van der Waals surface area (Å²) in [7, 11) is 1.47. The van der Waals surface area contributed by atoms with Gasteiger partial charge in [0.25, 0.3) is 0 Å². The van der Waals surface area contributed by atoms with Gasteiger partial charge in [0.15, 0.2) is 0 Å². The molecule has 0 fully saturated rings. The summed E-state index contributed by atoms with van der Waals surface area (Å²) in [5, 5.41) is 10.8. The lowest BCUT2D eigenvalue weighted by molar-refractivity contribution is 0.214. The maximum absolute atomic E-state index is 13.2. The highest BCUT2D eigenvalue weighted by molar-refractivity contribution is 6.30. The second-order valence-corrected chi connectivity index (χ2v) is 4.28. The number of aliphatic hydroxyl groups excluding tert-OH is 1. The highest BCUT2D eigenvalue weighted by Gasteiger charge is 2.16. The van der Waals surface area contributed by atoms with Gasteiger partial charge in [-0.15, -0.1) is 0 Å². The summed E-state index contributed by atoms with van der Waals surface area (Å²) in [5.74, 6) is 0.00996. The number of hydrogen-bond acceptors (Lipinski definition) is 2. The van der Waals surface area contributed by atoms with Crippen LogP contribution in [0.3, 0.4) is 0 Å². The average Bonchev–Trinajstić information content (AvgIpc) is 2.38. The van der Waals surface area contributed by atoms with E-state index in [1.165, 1.54) is 25.3 Å². The summed E-state index contributed by atoms with van der Waals surface area (Å²) in [6.07, 6.45) is -0.977. The first-order valence-electron chi connectivity index (χ1n) is 5.39. The first-order valence-corrected chi connectivity index (χ1v) is 5.76. The van der Waals surface area contributed by atoms with Crippen LogP contribution < -0.4 is 4.74 Å². The summed E-state index contributed by atoms with van der Waals surface area (Å²) < 4.78 is 18.4. The summed E-state index contributed by atoms with van der Waals surface area (Å²) in [5.41, 5.74) is 0.964. The van der Waals surface area contributed by atoms with Gasteiger partial charge in [0.05, 0.1) is 7.11 Å². The van der Waals surface area contributed by atoms with Crippen molar-refractivity contribution in [3.8, 4) is 5.75 Å². The first kappa shape index (κ1) is 12.9. The van der Waals surface area contributed by atoms with Crippen LogP contribution in [0.15, 0.2) is 42.5 Å². The van der Waals surface area contributed by atoms with Gasteiger partial charge in [0.2, 0.25) is 0 Å². The van der Waals surface area contributed by atoms with Gasteiger partial charge in [-0.2, -0.15) is 0 Å². The molecule has 4 heteroatoms. The molecule has 0 heterocycles. The molecule has 1 N–H and O–H groups in total. The molecule has 0 saturated heterocycles. The third-order valence-electron chi connectivity index (χ3n) is 2.65. The molecule has 0 aliphatic rings. The lowest BCUT2D eigenvalue weighted by Crippen LogP contribution is -2.03. The van der Waals surface area contributed by atoms with E-state index in [4.69, 9.17) is 16.3 Å². The van der Waals surface area contributed by atoms with E-state index in [1.54, 1.807) is 24.3 Å². The summed E-state index contributed by atoms with van der Waals surface area (Å²) in [6, 6.07) is 10.8. The first-order chi connectivity index (χ1) is 8.61. The Balaban J connectivity index is 2.44. The van der Waals surface area contributed by atoms with Crippen LogP contribution in [0.1, 0.15) is 17.2 Å². The van der Waals surface area contributed by atoms with Crippen LogP contribution in [0.25, 0.3) is 0 Å². The van der Waals surface area contributed by atoms with E-state index in [9.17, 15) is 9.50 Å². The molecule has 1 unspecified atom stereocenters. The molecule has 0 radical (unpaired) electrons. The van der Waals surface area contributed by atoms with E-state index >= 15 is 0 Å². The number of aliphatic hydroxyl groups is 1. The predicted octanol–water partition coefficient (Wildman–Crippen LogP) is 3.57. The molecule has 0 bridgehead atoms. The molecule has 0 aromatic heterocycles. The van der Waals surface area contributed by atoms with E-state index in [0.717, 1.165) is 0 Å². The molecular weight excluding hydrogens is 255 g/mol. The van der Waals surface area contributed by atoms with Crippen molar-refractivity contribution in [1.82, 2.24) is 0 Å². The van der Waals surface area contributed by atoms with Gasteiger partial charge in [-0.05, 0) is 35.9 Å². The normalized spacial score (nSPS) is 12.2. The molecule has 0 aliphatic heterocycles. The number of hydrogen-bond donors (Lipinski definition) is 1. The van der Waals surface area contributed by atoms with Gasteiger partial charge in [-0.1, -0.05) is 23.7 Å². The quantitative estimate of drug-likeness (QED) is 0.920. The van der Waals surface area contributed by atoms with Gasteiger partial charge in [0.1, 0.15) is 17.7 Å². The topological polar surface area (TPSA) is 29.5 Å². The number of ether oxygens (including phenoxy) is 1. The van der Waals surface area contributed by atoms with Crippen molar-refractivity contribution in [2.75, 3.05) is 7.11 Å². The second-order valence-electron chi connectivity index (χ2n) is 3.84. The molecule has 0 spiro atoms. The lowest BCUT2D eigenvalue weighted by Gasteiger charge is -2.15. The van der Waals surface area contributed by atoms with Crippen LogP contribution in [0.5, 0.6) is 5.75 Å². The molecule has 1 atom stereocenters. The minimum Gasteiger partial charge on any atom is -0.496 e. The van der Waals surface area contributed by atoms with Crippen molar-refractivity contribution in [3.05, 3.63) is 64.4 Å². The van der Waals surface area contributed by atoms with Gasteiger partial charge >= 0.3 is 0 Å². The lowest BCUT2D eigenvalue weighted by atomic mass is 10.0. The van der Waals surface area contributed by atoms with Crippen molar-refractivity contribution in [1.29, 1.82) is 0 Å². The fourth-order valence-electron chi connectivity index (χ4n) is 1.78. The third-order valence-corrected chi connectivity index (χ3v) is 2.89. The fourth-order valence-corrected chi connectivity index (χ4v) is 1.97. The average molecular weight is 267 g/mol. The van der Waals surface area contributed by atoms with Gasteiger partial charge in [0, 0.05) is 10.6 Å². The Morgan fingerprint density at radius 2 is 2.00 bits per heavy atom. The number of methoxy groups -OCH3 is 1. The number of halogens is 2. The Morgan fingerprint density at radius 1 is 1.22 bits per heavy atom. The van der Waals surface area contributed by atoms with E-state index in [2.05, 4.69) is 0 Å². The van der Waals surface area contributed by atoms with Crippen LogP contribution in [-0.4, -0.2) is 12.2 Å². The molecule has 0 amide bonds. The highest BCUT2D eigenvalue weighted by Crippen LogP contribution is 2.31. The SMILES string of the molecule is COc1ccc(F)cc1C(O)c1cccc(Cl)c1. The standard InChI is InChI=1S/C14H12ClFO2/c1-18-13-6-5-11(16)8-12(13)14(17)9-3-2-4-10(15)7-9/h2-8,14,17H,1H3. The summed E-state index contributed by atoms with van der Waals surface area (Å²) in [4.78, 5) is 0. The van der Waals surface area contributed by atoms with E-state index in [0.29, 0.717) is 21.9 Å². The molecule has 0 aliphatic carbocycles. The largest absolute Gasteiger partial charge is 0.496 e. The zero-order chi connectivity index (χ0) is 13.1. The van der Waals surface area contributed by atoms with Crippen LogP contribution in [0.4, 0.5) is 4.39 Å². The minimum atomic E-state index is -0.977. The molecule has 18 heavy (non-hydrogen) atoms. The molecule has 94 valence electrons. The number of benzene rings is 2. The molecule has 0 saturated carbocycles. The van der Waals surface area contributed by atoms with Crippen LogP contribution >= 0.6 is 11.6 Å². The number of rotatable bonds is 3. The van der Waals surface area contributed by atoms with Crippen LogP contribution in [-0.2, 0) is 0 Å². The molecule has 2 rings (SSSR count). The monoisotopic (exact) mass is 266 g/mol. The molecule has 2 nitrogen and oxygen atoms in total. The van der Waals surface area contributed by atoms with E-state index < -0.39 is 11.9 Å². The predicted molar refractivity (Wildman–Crippen MR) is 68.5 cm³/mol. The maximum atomic E-state index is 13.2. The fraction of sp³-hybridized carbons (Fsp3) is 0.143. The van der Waals surface area contributed by atoms with Gasteiger partial charge in [-0.3, -0.25) is 0 Å². The van der Waals surface area contributed by atoms with Crippen molar-refractivity contribution in [2.45, 2.75) is 6.10 Å². The van der Waals surface area contributed by atoms with Crippen LogP contribution in [0.2, 0.25) is 5.02 Å². The Morgan fingerprint density at radius 3 is 2.67 bits per heavy atom. The molecule has 2 aromatic rings. The van der Waals surface area contributed by atoms with Crippen molar-refractivity contribution in [2.24, 2.45) is 0 Å². The Labute approximate surface area is 110 Å². The highest BCUT2D eigenvalue weighted by atomic mass is 35.5. The van der Waals surface area contributed by atoms with Crippen LogP contribution in [0, 0.1) is 5.82 Å². The van der Waals surface area contributed by atoms with Crippen molar-refractivity contribution >= 4 is 11.6 Å². The maximum Gasteiger partial charge on any atom is 0.125 e. The van der Waals surface area contributed by atoms with Crippen molar-refractivity contribution < 1.29 is 14.2 Å². The van der Waals surface area contributed by atoms with Gasteiger partial charge < -0.3 is 9.84 Å². The minimum absolute atomic E-state index is 0.375. The summed E-state index contributed by atoms with van der Waals surface area (Å²) >= 11 is 5.86. The summed E-state index contributed by atoms with van der Waals surface area (Å²) in [6.45, 7) is 0. The smallest absolute Gasteiger partial charge is 0.125 e. The third kappa shape index (κ3) is 2.63. The molecular formula is C14H12ClFO2.